The van der Waals surface area contributed by atoms with Gasteiger partial charge in [0.2, 0.25) is 47.3 Å². The molecule has 0 aliphatic carbocycles. The fourth-order valence-corrected chi connectivity index (χ4v) is 7.00. The van der Waals surface area contributed by atoms with Crippen LogP contribution in [0.3, 0.4) is 0 Å². The molecule has 0 aliphatic heterocycles. The molecule has 33 heteroatoms. The van der Waals surface area contributed by atoms with Crippen LogP contribution in [0.25, 0.3) is 0 Å². The van der Waals surface area contributed by atoms with E-state index in [1.807, 2.05) is 5.32 Å². The molecule has 0 heterocycles. The summed E-state index contributed by atoms with van der Waals surface area (Å²) in [6.45, 7) is -0.418. The molecule has 30 nitrogen and oxygen atoms in total. The number of thiol groups is 2. The van der Waals surface area contributed by atoms with E-state index in [-0.39, 0.29) is 75.0 Å². The van der Waals surface area contributed by atoms with Crippen molar-refractivity contribution in [1.29, 1.82) is 0 Å². The van der Waals surface area contributed by atoms with Crippen molar-refractivity contribution in [3.05, 3.63) is 0 Å². The SMILES string of the molecule is CSCC[C@H](NC(=O)[C@H](CS)NC(=O)[C@H](CC(=O)O)NC(=O)CNC(=O)[C@H](CCCN=C(N)N)NC(=O)[C@H](CS)NC(=O)[C@H](CCCN=C(N)N)NC(=O)[C@@H](N)CCCCN)C(=O)N[C@@H](CC(=O)O)C(=O)O. The fourth-order valence-electron chi connectivity index (χ4n) is 6.01. The van der Waals surface area contributed by atoms with E-state index in [1.165, 1.54) is 11.8 Å². The molecule has 72 heavy (non-hydrogen) atoms. The molecule has 0 spiro atoms. The van der Waals surface area contributed by atoms with Crippen molar-refractivity contribution in [3.8, 4) is 0 Å². The van der Waals surface area contributed by atoms with Crippen molar-refractivity contribution in [2.75, 3.05) is 49.7 Å². The number of nitrogens with zero attached hydrogens (tertiary/aromatic N) is 2. The number of carboxylic acid groups (broad SMARTS) is 3. The Labute approximate surface area is 429 Å². The summed E-state index contributed by atoms with van der Waals surface area (Å²) in [5.74, 6) is -13.5. The van der Waals surface area contributed by atoms with Gasteiger partial charge in [-0.3, -0.25) is 57.9 Å². The number of hydrogen-bond donors (Lipinski definition) is 19. The molecule has 23 N–H and O–H groups in total. The maximum absolute atomic E-state index is 13.6. The summed E-state index contributed by atoms with van der Waals surface area (Å²) < 4.78 is 0. The van der Waals surface area contributed by atoms with E-state index < -0.39 is 139 Å². The summed E-state index contributed by atoms with van der Waals surface area (Å²) in [6, 6.07) is -11.7. The van der Waals surface area contributed by atoms with Gasteiger partial charge in [0.1, 0.15) is 42.3 Å². The number of nitrogens with one attached hydrogen (secondary N) is 8. The highest BCUT2D eigenvalue weighted by Crippen LogP contribution is 2.08. The van der Waals surface area contributed by atoms with Crippen LogP contribution in [0.1, 0.15) is 64.2 Å². The third-order valence-corrected chi connectivity index (χ3v) is 11.2. The van der Waals surface area contributed by atoms with Gasteiger partial charge in [-0.2, -0.15) is 37.0 Å². The lowest BCUT2D eigenvalue weighted by Crippen LogP contribution is -2.59. The Morgan fingerprint density at radius 2 is 0.917 bits per heavy atom. The van der Waals surface area contributed by atoms with Crippen molar-refractivity contribution in [1.82, 2.24) is 42.5 Å². The standard InChI is InChI=1S/C39H70N16O14S3/c1-72-13-9-22(33(64)53-24(37(68)69)15-29(59)60)52-36(67)26(18-71)55-34(65)23(14-28(57)58)49-27(56)16-48-31(62)20(7-4-11-46-38(42)43)51-35(66)25(17-70)54-32(63)21(8-5-12-47-39(44)45)50-30(61)19(41)6-2-3-10-40/h19-26,70-71H,2-18,40-41H2,1H3,(H,48,62)(H,49,56)(H,50,61)(H,51,66)(H,52,67)(H,53,64)(H,54,63)(H,55,65)(H,57,58)(H,59,60)(H,68,69)(H4,42,43,46)(H4,44,45,47)/t19-,20-,21-,22-,23-,24-,25-,26-/m0/s1. The first kappa shape index (κ1) is 65.7. The zero-order valence-electron chi connectivity index (χ0n) is 39.6. The fraction of sp³-hybridized carbons (Fsp3) is 0.667. The van der Waals surface area contributed by atoms with Crippen LogP contribution < -0.4 is 76.9 Å². The smallest absolute Gasteiger partial charge is 0.326 e. The summed E-state index contributed by atoms with van der Waals surface area (Å²) in [4.78, 5) is 148. The molecule has 0 saturated carbocycles. The number of carboxylic acids is 3. The predicted molar refractivity (Wildman–Crippen MR) is 270 cm³/mol. The Morgan fingerprint density at radius 3 is 1.35 bits per heavy atom. The predicted octanol–water partition coefficient (Wildman–Crippen LogP) is -7.29. The largest absolute Gasteiger partial charge is 0.481 e. The lowest BCUT2D eigenvalue weighted by molar-refractivity contribution is -0.147. The van der Waals surface area contributed by atoms with E-state index in [4.69, 9.17) is 39.5 Å². The number of aliphatic imine (C=N–C) groups is 2. The average Bonchev–Trinajstić information content (AvgIpc) is 3.30. The Balaban J connectivity index is 6.16. The minimum absolute atomic E-state index is 0.00822. The Morgan fingerprint density at radius 1 is 0.514 bits per heavy atom. The van der Waals surface area contributed by atoms with Crippen molar-refractivity contribution in [2.24, 2.45) is 44.4 Å². The number of unbranched alkanes of at least 4 members (excludes halogenated alkanes) is 1. The number of rotatable bonds is 38. The molecule has 0 aromatic rings. The molecule has 0 aromatic heterocycles. The molecule has 0 rings (SSSR count). The lowest BCUT2D eigenvalue weighted by Gasteiger charge is -2.25. The summed E-state index contributed by atoms with van der Waals surface area (Å²) in [5, 5.41) is 46.5. The first-order valence-corrected chi connectivity index (χ1v) is 24.9. The minimum Gasteiger partial charge on any atom is -0.481 e. The minimum atomic E-state index is -1.87. The van der Waals surface area contributed by atoms with Gasteiger partial charge in [-0.1, -0.05) is 6.42 Å². The number of carbonyl (C=O) groups is 11. The summed E-state index contributed by atoms with van der Waals surface area (Å²) >= 11 is 9.50. The molecule has 0 aliphatic rings. The molecule has 0 radical (unpaired) electrons. The van der Waals surface area contributed by atoms with Gasteiger partial charge in [-0.25, -0.2) is 4.79 Å². The zero-order chi connectivity index (χ0) is 54.9. The van der Waals surface area contributed by atoms with E-state index in [2.05, 4.69) is 72.5 Å². The summed E-state index contributed by atoms with van der Waals surface area (Å²) in [6.07, 6.45) is 1.22. The first-order valence-electron chi connectivity index (χ1n) is 22.2. The average molecular weight is 1080 g/mol. The number of guanidine groups is 2. The Kier molecular flexibility index (Phi) is 33.4. The molecule has 408 valence electrons. The van der Waals surface area contributed by atoms with Gasteiger partial charge in [0.25, 0.3) is 0 Å². The van der Waals surface area contributed by atoms with Crippen molar-refractivity contribution in [2.45, 2.75) is 113 Å². The molecule has 0 aromatic carbocycles. The van der Waals surface area contributed by atoms with E-state index >= 15 is 0 Å². The third kappa shape index (κ3) is 28.5. The maximum Gasteiger partial charge on any atom is 0.326 e. The van der Waals surface area contributed by atoms with E-state index in [1.54, 1.807) is 6.26 Å². The molecule has 8 amide bonds. The van der Waals surface area contributed by atoms with Gasteiger partial charge in [-0.05, 0) is 63.5 Å². The quantitative estimate of drug-likeness (QED) is 0.0118. The van der Waals surface area contributed by atoms with E-state index in [9.17, 15) is 63.0 Å². The Hall–Kier alpha value is -6.32. The highest BCUT2D eigenvalue weighted by Gasteiger charge is 2.34. The van der Waals surface area contributed by atoms with Gasteiger partial charge < -0.3 is 92.3 Å². The molecular weight excluding hydrogens is 1010 g/mol. The van der Waals surface area contributed by atoms with Gasteiger partial charge in [0.15, 0.2) is 11.9 Å². The molecule has 0 fully saturated rings. The second-order valence-electron chi connectivity index (χ2n) is 15.7. The van der Waals surface area contributed by atoms with Crippen LogP contribution in [0.15, 0.2) is 9.98 Å². The van der Waals surface area contributed by atoms with Crippen LogP contribution in [0.4, 0.5) is 0 Å². The second kappa shape index (κ2) is 36.6. The van der Waals surface area contributed by atoms with Gasteiger partial charge in [-0.15, -0.1) is 0 Å². The monoisotopic (exact) mass is 1080 g/mol. The number of nitrogens with two attached hydrogens (primary N) is 6. The van der Waals surface area contributed by atoms with E-state index in [0.717, 1.165) is 0 Å². The van der Waals surface area contributed by atoms with Crippen LogP contribution in [-0.2, 0) is 52.7 Å². The van der Waals surface area contributed by atoms with Crippen molar-refractivity contribution < 1.29 is 68.1 Å². The third-order valence-electron chi connectivity index (χ3n) is 9.78. The van der Waals surface area contributed by atoms with Gasteiger partial charge in [0, 0.05) is 24.6 Å². The maximum atomic E-state index is 13.6. The number of aliphatic carboxylic acids is 3. The van der Waals surface area contributed by atoms with Crippen molar-refractivity contribution in [3.63, 3.8) is 0 Å². The summed E-state index contributed by atoms with van der Waals surface area (Å²) in [5.41, 5.74) is 33.1. The van der Waals surface area contributed by atoms with Crippen LogP contribution in [0.5, 0.6) is 0 Å². The van der Waals surface area contributed by atoms with Crippen LogP contribution in [0, 0.1) is 0 Å². The van der Waals surface area contributed by atoms with Crippen molar-refractivity contribution >= 4 is 114 Å². The molecular formula is C39H70N16O14S3. The summed E-state index contributed by atoms with van der Waals surface area (Å²) in [7, 11) is 0. The number of thioether (sulfide) groups is 1. The molecule has 0 unspecified atom stereocenters. The zero-order valence-corrected chi connectivity index (χ0v) is 42.2. The Bertz CT molecular complexity index is 1910. The first-order chi connectivity index (χ1) is 33.9. The molecule has 0 saturated heterocycles. The number of amides is 8. The van der Waals surface area contributed by atoms with Gasteiger partial charge in [0.05, 0.1) is 25.4 Å². The number of carbonyl (C=O) groups excluding carboxylic acids is 8. The van der Waals surface area contributed by atoms with Crippen LogP contribution in [0.2, 0.25) is 0 Å². The van der Waals surface area contributed by atoms with Gasteiger partial charge >= 0.3 is 17.9 Å². The van der Waals surface area contributed by atoms with Crippen LogP contribution >= 0.6 is 37.0 Å². The lowest BCUT2D eigenvalue weighted by atomic mass is 10.1. The highest BCUT2D eigenvalue weighted by atomic mass is 32.2. The molecule has 0 bridgehead atoms. The second-order valence-corrected chi connectivity index (χ2v) is 17.4. The topological polar surface area (TPSA) is 526 Å². The highest BCUT2D eigenvalue weighted by molar-refractivity contribution is 7.98. The number of hydrogen-bond acceptors (Lipinski definition) is 18. The molecule has 8 atom stereocenters. The normalized spacial score (nSPS) is 14.1. The van der Waals surface area contributed by atoms with Crippen LogP contribution in [-0.4, -0.2) is 190 Å². The van der Waals surface area contributed by atoms with E-state index in [0.29, 0.717) is 19.4 Å².